The quantitative estimate of drug-likeness (QED) is 0.826. The zero-order chi connectivity index (χ0) is 12.0. The van der Waals surface area contributed by atoms with Crippen molar-refractivity contribution in [3.05, 3.63) is 35.4 Å². The van der Waals surface area contributed by atoms with Crippen LogP contribution in [0.1, 0.15) is 30.5 Å². The van der Waals surface area contributed by atoms with Gasteiger partial charge in [-0.2, -0.15) is 0 Å². The van der Waals surface area contributed by atoms with E-state index >= 15 is 0 Å². The van der Waals surface area contributed by atoms with Gasteiger partial charge in [-0.15, -0.1) is 0 Å². The largest absolute Gasteiger partial charge is 0.309 e. The third-order valence-electron chi connectivity index (χ3n) is 2.67. The van der Waals surface area contributed by atoms with Crippen molar-refractivity contribution >= 4 is 10.8 Å². The van der Waals surface area contributed by atoms with Crippen molar-refractivity contribution in [2.75, 3.05) is 18.6 Å². The van der Waals surface area contributed by atoms with Crippen LogP contribution in [0.5, 0.6) is 0 Å². The van der Waals surface area contributed by atoms with Crippen LogP contribution in [-0.4, -0.2) is 22.8 Å². The van der Waals surface area contributed by atoms with Crippen molar-refractivity contribution in [2.24, 2.45) is 0 Å². The van der Waals surface area contributed by atoms with Crippen LogP contribution in [0.25, 0.3) is 0 Å². The van der Waals surface area contributed by atoms with E-state index in [0.29, 0.717) is 6.04 Å². The second-order valence-electron chi connectivity index (χ2n) is 4.10. The molecule has 0 aliphatic rings. The third-order valence-corrected chi connectivity index (χ3v) is 3.45. The fourth-order valence-electron chi connectivity index (χ4n) is 1.67. The van der Waals surface area contributed by atoms with E-state index in [1.165, 1.54) is 11.1 Å². The lowest BCUT2D eigenvalue weighted by molar-refractivity contribution is 0.538. The zero-order valence-corrected chi connectivity index (χ0v) is 11.1. The predicted molar refractivity (Wildman–Crippen MR) is 71.1 cm³/mol. The van der Waals surface area contributed by atoms with Crippen molar-refractivity contribution in [1.82, 2.24) is 5.32 Å². The fourth-order valence-corrected chi connectivity index (χ4v) is 2.08. The Hall–Kier alpha value is -0.670. The summed E-state index contributed by atoms with van der Waals surface area (Å²) in [5.74, 6) is 0.725. The van der Waals surface area contributed by atoms with Gasteiger partial charge < -0.3 is 5.32 Å². The summed E-state index contributed by atoms with van der Waals surface area (Å²) in [7, 11) is -0.707. The van der Waals surface area contributed by atoms with Gasteiger partial charge in [0.05, 0.1) is 0 Å². The van der Waals surface area contributed by atoms with Gasteiger partial charge >= 0.3 is 0 Å². The van der Waals surface area contributed by atoms with E-state index in [0.717, 1.165) is 18.7 Å². The zero-order valence-electron chi connectivity index (χ0n) is 10.3. The van der Waals surface area contributed by atoms with Crippen molar-refractivity contribution in [2.45, 2.75) is 26.3 Å². The Kier molecular flexibility index (Phi) is 5.71. The summed E-state index contributed by atoms with van der Waals surface area (Å²) in [6, 6.07) is 8.98. The van der Waals surface area contributed by atoms with Crippen molar-refractivity contribution in [1.29, 1.82) is 0 Å². The van der Waals surface area contributed by atoms with Gasteiger partial charge in [0.2, 0.25) is 0 Å². The monoisotopic (exact) mass is 239 g/mol. The predicted octanol–water partition coefficient (Wildman–Crippen LogP) is 2.41. The highest BCUT2D eigenvalue weighted by atomic mass is 32.2. The smallest absolute Gasteiger partial charge is 0.0357 e. The van der Waals surface area contributed by atoms with Crippen molar-refractivity contribution in [3.63, 3.8) is 0 Å². The molecule has 1 N–H and O–H groups in total. The van der Waals surface area contributed by atoms with Crippen molar-refractivity contribution in [3.8, 4) is 0 Å². The molecule has 0 aliphatic carbocycles. The molecule has 0 radical (unpaired) electrons. The highest BCUT2D eigenvalue weighted by Gasteiger charge is 2.07. The molecule has 0 aromatic heterocycles. The maximum Gasteiger partial charge on any atom is 0.0357 e. The number of benzene rings is 1. The molecule has 0 saturated carbocycles. The van der Waals surface area contributed by atoms with Crippen LogP contribution < -0.4 is 5.32 Å². The molecule has 0 fully saturated rings. The highest BCUT2D eigenvalue weighted by Crippen LogP contribution is 2.16. The lowest BCUT2D eigenvalue weighted by Crippen LogP contribution is -2.25. The summed E-state index contributed by atoms with van der Waals surface area (Å²) in [5.41, 5.74) is 2.60. The molecule has 1 aromatic rings. The van der Waals surface area contributed by atoms with E-state index in [2.05, 4.69) is 43.4 Å². The molecule has 0 aliphatic heterocycles. The third kappa shape index (κ3) is 4.45. The Morgan fingerprint density at radius 1 is 1.31 bits per heavy atom. The van der Waals surface area contributed by atoms with Gasteiger partial charge in [0.15, 0.2) is 0 Å². The SMILES string of the molecule is CCC(NCCS(C)=O)c1ccc(C)cc1. The molecular weight excluding hydrogens is 218 g/mol. The first-order chi connectivity index (χ1) is 7.63. The van der Waals surface area contributed by atoms with Crippen molar-refractivity contribution < 1.29 is 4.21 Å². The Bertz CT molecular complexity index is 334. The molecule has 1 rings (SSSR count). The Balaban J connectivity index is 2.53. The van der Waals surface area contributed by atoms with E-state index in [1.807, 2.05) is 0 Å². The number of hydrogen-bond donors (Lipinski definition) is 1. The molecule has 90 valence electrons. The molecule has 3 heteroatoms. The molecule has 0 spiro atoms. The standard InChI is InChI=1S/C13H21NOS/c1-4-13(14-9-10-16(3)15)12-7-5-11(2)6-8-12/h5-8,13-14H,4,9-10H2,1-3H3. The van der Waals surface area contributed by atoms with Gasteiger partial charge in [0, 0.05) is 35.4 Å². The molecule has 0 bridgehead atoms. The van der Waals surface area contributed by atoms with Gasteiger partial charge in [-0.1, -0.05) is 36.8 Å². The lowest BCUT2D eigenvalue weighted by atomic mass is 10.0. The summed E-state index contributed by atoms with van der Waals surface area (Å²) in [6.45, 7) is 5.08. The minimum Gasteiger partial charge on any atom is -0.309 e. The molecule has 0 heterocycles. The Morgan fingerprint density at radius 2 is 1.94 bits per heavy atom. The number of aryl methyl sites for hydroxylation is 1. The van der Waals surface area contributed by atoms with Crippen LogP contribution in [0.15, 0.2) is 24.3 Å². The van der Waals surface area contributed by atoms with Gasteiger partial charge in [0.25, 0.3) is 0 Å². The highest BCUT2D eigenvalue weighted by molar-refractivity contribution is 7.84. The Morgan fingerprint density at radius 3 is 2.44 bits per heavy atom. The minimum absolute atomic E-state index is 0.379. The topological polar surface area (TPSA) is 29.1 Å². The first kappa shape index (κ1) is 13.4. The molecule has 1 aromatic carbocycles. The molecular formula is C13H21NOS. The van der Waals surface area contributed by atoms with Crippen LogP contribution in [0, 0.1) is 6.92 Å². The minimum atomic E-state index is -0.707. The summed E-state index contributed by atoms with van der Waals surface area (Å²) in [6.07, 6.45) is 2.80. The van der Waals surface area contributed by atoms with E-state index < -0.39 is 10.8 Å². The average molecular weight is 239 g/mol. The van der Waals surface area contributed by atoms with Gasteiger partial charge in [-0.3, -0.25) is 4.21 Å². The number of nitrogens with one attached hydrogen (secondary N) is 1. The summed E-state index contributed by atoms with van der Waals surface area (Å²) < 4.78 is 11.0. The summed E-state index contributed by atoms with van der Waals surface area (Å²) >= 11 is 0. The molecule has 2 unspecified atom stereocenters. The summed E-state index contributed by atoms with van der Waals surface area (Å²) in [5, 5.41) is 3.44. The maximum atomic E-state index is 11.0. The Labute approximate surface area is 101 Å². The average Bonchev–Trinajstić information content (AvgIpc) is 2.26. The van der Waals surface area contributed by atoms with Crippen LogP contribution in [-0.2, 0) is 10.8 Å². The van der Waals surface area contributed by atoms with E-state index in [1.54, 1.807) is 6.26 Å². The first-order valence-corrected chi connectivity index (χ1v) is 7.46. The first-order valence-electron chi connectivity index (χ1n) is 5.73. The fraction of sp³-hybridized carbons (Fsp3) is 0.538. The summed E-state index contributed by atoms with van der Waals surface area (Å²) in [4.78, 5) is 0. The lowest BCUT2D eigenvalue weighted by Gasteiger charge is -2.17. The number of hydrogen-bond acceptors (Lipinski definition) is 2. The second-order valence-corrected chi connectivity index (χ2v) is 5.66. The molecule has 0 saturated heterocycles. The molecule has 16 heavy (non-hydrogen) atoms. The van der Waals surface area contributed by atoms with E-state index in [9.17, 15) is 4.21 Å². The van der Waals surface area contributed by atoms with E-state index in [-0.39, 0.29) is 0 Å². The normalized spacial score (nSPS) is 14.7. The van der Waals surface area contributed by atoms with Gasteiger partial charge in [-0.05, 0) is 18.9 Å². The molecule has 0 amide bonds. The molecule has 2 atom stereocenters. The molecule has 2 nitrogen and oxygen atoms in total. The van der Waals surface area contributed by atoms with Gasteiger partial charge in [-0.25, -0.2) is 0 Å². The van der Waals surface area contributed by atoms with Crippen LogP contribution >= 0.6 is 0 Å². The van der Waals surface area contributed by atoms with Crippen LogP contribution in [0.4, 0.5) is 0 Å². The van der Waals surface area contributed by atoms with Crippen LogP contribution in [0.2, 0.25) is 0 Å². The van der Waals surface area contributed by atoms with Gasteiger partial charge in [0.1, 0.15) is 0 Å². The second kappa shape index (κ2) is 6.81. The van der Waals surface area contributed by atoms with E-state index in [4.69, 9.17) is 0 Å². The number of rotatable bonds is 6. The van der Waals surface area contributed by atoms with Crippen LogP contribution in [0.3, 0.4) is 0 Å². The maximum absolute atomic E-state index is 11.0.